The van der Waals surface area contributed by atoms with Crippen LogP contribution < -0.4 is 10.1 Å². The van der Waals surface area contributed by atoms with E-state index in [2.05, 4.69) is 15.5 Å². The molecule has 3 amide bonds. The number of piperazine rings is 1. The van der Waals surface area contributed by atoms with Crippen molar-refractivity contribution in [2.24, 2.45) is 4.99 Å². The van der Waals surface area contributed by atoms with Gasteiger partial charge in [-0.2, -0.15) is 5.10 Å². The van der Waals surface area contributed by atoms with E-state index in [0.29, 0.717) is 29.4 Å². The van der Waals surface area contributed by atoms with Crippen LogP contribution in [0.15, 0.2) is 59.7 Å². The van der Waals surface area contributed by atoms with Gasteiger partial charge in [-0.3, -0.25) is 29.4 Å². The van der Waals surface area contributed by atoms with Crippen LogP contribution in [0.2, 0.25) is 5.02 Å². The lowest BCUT2D eigenvalue weighted by atomic mass is 9.97. The Bertz CT molecular complexity index is 1580. The van der Waals surface area contributed by atoms with Crippen molar-refractivity contribution in [1.29, 1.82) is 0 Å². The third-order valence-electron chi connectivity index (χ3n) is 6.91. The van der Waals surface area contributed by atoms with E-state index in [1.165, 1.54) is 21.9 Å². The zero-order valence-corrected chi connectivity index (χ0v) is 24.6. The maximum absolute atomic E-state index is 14.3. The number of urea groups is 1. The van der Waals surface area contributed by atoms with Crippen LogP contribution in [0.25, 0.3) is 0 Å². The molecule has 0 spiro atoms. The number of hydrogen-bond donors (Lipinski definition) is 3. The molecule has 3 heterocycles. The van der Waals surface area contributed by atoms with Gasteiger partial charge in [-0.25, -0.2) is 4.79 Å². The van der Waals surface area contributed by atoms with Crippen LogP contribution in [0, 0.1) is 0 Å². The fourth-order valence-corrected chi connectivity index (χ4v) is 5.22. The predicted octanol–water partition coefficient (Wildman–Crippen LogP) is 3.99. The van der Waals surface area contributed by atoms with E-state index < -0.39 is 41.9 Å². The molecule has 2 aliphatic rings. The zero-order valence-electron chi connectivity index (χ0n) is 23.8. The Hall–Kier alpha value is -4.71. The molecule has 1 saturated heterocycles. The Kier molecular flexibility index (Phi) is 8.23. The number of carboxylic acids is 1. The highest BCUT2D eigenvalue weighted by molar-refractivity contribution is 6.30. The lowest BCUT2D eigenvalue weighted by Crippen LogP contribution is -2.55. The lowest BCUT2D eigenvalue weighted by molar-refractivity contribution is -0.136. The molecule has 0 bridgehead atoms. The number of amides is 3. The van der Waals surface area contributed by atoms with Gasteiger partial charge in [-0.15, -0.1) is 0 Å². The molecule has 43 heavy (non-hydrogen) atoms. The molecule has 3 N–H and O–H groups in total. The Morgan fingerprint density at radius 3 is 2.49 bits per heavy atom. The standard InChI is InChI=1S/C30H31ClN6O6/c1-30(2,3)43-23-14-18(22(38)15-25(40)41)6-9-20(23)28-34-26(17-4-7-19(31)8-5-17)27(21-10-11-33-35-21)37(28)29(42)36-13-12-32-24(39)16-36/h4-11,14,26-27H,12-13,15-16H2,1-3H3,(H,32,39)(H,33,35)(H,40,41)/t26-,27+/m0/s1. The molecule has 13 heteroatoms. The first kappa shape index (κ1) is 29.8. The number of ether oxygens (including phenoxy) is 1. The van der Waals surface area contributed by atoms with E-state index in [0.717, 1.165) is 5.56 Å². The van der Waals surface area contributed by atoms with Crippen LogP contribution in [-0.2, 0) is 9.59 Å². The number of amidine groups is 1. The molecule has 1 fully saturated rings. The molecule has 2 aromatic carbocycles. The van der Waals surface area contributed by atoms with Crippen molar-refractivity contribution in [1.82, 2.24) is 25.3 Å². The maximum Gasteiger partial charge on any atom is 0.326 e. The topological polar surface area (TPSA) is 157 Å². The minimum atomic E-state index is -1.25. The molecule has 224 valence electrons. The number of nitrogens with one attached hydrogen (secondary N) is 2. The third kappa shape index (κ3) is 6.54. The molecule has 0 aliphatic carbocycles. The summed E-state index contributed by atoms with van der Waals surface area (Å²) in [5, 5.41) is 19.6. The number of carbonyl (C=O) groups excluding carboxylic acids is 3. The second-order valence-corrected chi connectivity index (χ2v) is 11.7. The lowest BCUT2D eigenvalue weighted by Gasteiger charge is -2.35. The number of nitrogens with zero attached hydrogens (tertiary/aromatic N) is 4. The molecule has 2 atom stereocenters. The number of aromatic nitrogens is 2. The summed E-state index contributed by atoms with van der Waals surface area (Å²) < 4.78 is 6.28. The highest BCUT2D eigenvalue weighted by Gasteiger charge is 2.46. The van der Waals surface area contributed by atoms with Crippen LogP contribution in [-0.4, -0.2) is 79.9 Å². The van der Waals surface area contributed by atoms with E-state index in [1.54, 1.807) is 30.5 Å². The molecule has 2 aliphatic heterocycles. The number of aromatic amines is 1. The SMILES string of the molecule is CC(C)(C)Oc1cc(C(=O)CC(=O)O)ccc1C1=N[C@@H](c2ccc(Cl)cc2)[C@@H](c2ccn[nH]2)N1C(=O)N1CCNC(=O)C1. The molecule has 12 nitrogen and oxygen atoms in total. The van der Waals surface area contributed by atoms with Crippen LogP contribution >= 0.6 is 11.6 Å². The normalized spacial score (nSPS) is 18.7. The summed E-state index contributed by atoms with van der Waals surface area (Å²) in [4.78, 5) is 58.6. The predicted molar refractivity (Wildman–Crippen MR) is 157 cm³/mol. The summed E-state index contributed by atoms with van der Waals surface area (Å²) in [6.07, 6.45) is 0.900. The summed E-state index contributed by atoms with van der Waals surface area (Å²) in [5.41, 5.74) is 1.23. The molecular weight excluding hydrogens is 576 g/mol. The van der Waals surface area contributed by atoms with E-state index in [-0.39, 0.29) is 29.6 Å². The first-order valence-corrected chi connectivity index (χ1v) is 14.0. The number of H-pyrrole nitrogens is 1. The summed E-state index contributed by atoms with van der Waals surface area (Å²) in [5.74, 6) is -1.61. The molecule has 0 saturated carbocycles. The minimum Gasteiger partial charge on any atom is -0.487 e. The van der Waals surface area contributed by atoms with Gasteiger partial charge in [0.25, 0.3) is 0 Å². The number of aliphatic carboxylic acids is 1. The van der Waals surface area contributed by atoms with Crippen molar-refractivity contribution >= 4 is 41.1 Å². The van der Waals surface area contributed by atoms with Crippen LogP contribution in [0.1, 0.15) is 66.5 Å². The minimum absolute atomic E-state index is 0.127. The number of aliphatic imine (C=N–C) groups is 1. The molecular formula is C30H31ClN6O6. The second kappa shape index (κ2) is 11.9. The van der Waals surface area contributed by atoms with E-state index in [1.807, 2.05) is 32.9 Å². The van der Waals surface area contributed by atoms with Crippen molar-refractivity contribution in [3.05, 3.63) is 82.1 Å². The number of Topliss-reactive ketones (excluding diaryl/α,β-unsaturated/α-hetero) is 1. The maximum atomic E-state index is 14.3. The van der Waals surface area contributed by atoms with Crippen LogP contribution in [0.3, 0.4) is 0 Å². The summed E-state index contributed by atoms with van der Waals surface area (Å²) in [6.45, 7) is 5.97. The highest BCUT2D eigenvalue weighted by atomic mass is 35.5. The van der Waals surface area contributed by atoms with Gasteiger partial charge in [0, 0.05) is 29.9 Å². The smallest absolute Gasteiger partial charge is 0.326 e. The van der Waals surface area contributed by atoms with Gasteiger partial charge >= 0.3 is 12.0 Å². The summed E-state index contributed by atoms with van der Waals surface area (Å²) in [6, 6.07) is 11.7. The van der Waals surface area contributed by atoms with Gasteiger partial charge in [0.2, 0.25) is 5.91 Å². The number of rotatable bonds is 7. The number of hydrogen-bond acceptors (Lipinski definition) is 7. The van der Waals surface area contributed by atoms with Gasteiger partial charge in [-0.1, -0.05) is 29.8 Å². The molecule has 3 aromatic rings. The average molecular weight is 607 g/mol. The summed E-state index contributed by atoms with van der Waals surface area (Å²) >= 11 is 6.19. The highest BCUT2D eigenvalue weighted by Crippen LogP contribution is 2.45. The van der Waals surface area contributed by atoms with Crippen molar-refractivity contribution < 1.29 is 29.0 Å². The van der Waals surface area contributed by atoms with Gasteiger partial charge in [0.05, 0.1) is 11.3 Å². The van der Waals surface area contributed by atoms with Gasteiger partial charge in [0.1, 0.15) is 42.2 Å². The Morgan fingerprint density at radius 2 is 1.86 bits per heavy atom. The van der Waals surface area contributed by atoms with Crippen molar-refractivity contribution in [3.8, 4) is 5.75 Å². The molecule has 0 unspecified atom stereocenters. The number of ketones is 1. The van der Waals surface area contributed by atoms with Gasteiger partial charge < -0.3 is 20.1 Å². The number of carboxylic acid groups (broad SMARTS) is 1. The van der Waals surface area contributed by atoms with Gasteiger partial charge in [-0.05, 0) is 56.7 Å². The quantitative estimate of drug-likeness (QED) is 0.271. The largest absolute Gasteiger partial charge is 0.487 e. The molecule has 1 aromatic heterocycles. The van der Waals surface area contributed by atoms with E-state index in [9.17, 15) is 24.3 Å². The first-order chi connectivity index (χ1) is 20.4. The van der Waals surface area contributed by atoms with E-state index >= 15 is 0 Å². The average Bonchev–Trinajstić information content (AvgIpc) is 3.60. The molecule has 0 radical (unpaired) electrons. The fourth-order valence-electron chi connectivity index (χ4n) is 5.09. The third-order valence-corrected chi connectivity index (χ3v) is 7.16. The zero-order chi connectivity index (χ0) is 30.9. The molecule has 5 rings (SSSR count). The number of halogens is 1. The van der Waals surface area contributed by atoms with Crippen molar-refractivity contribution in [2.75, 3.05) is 19.6 Å². The monoisotopic (exact) mass is 606 g/mol. The first-order valence-electron chi connectivity index (χ1n) is 13.7. The Morgan fingerprint density at radius 1 is 1.12 bits per heavy atom. The van der Waals surface area contributed by atoms with Gasteiger partial charge in [0.15, 0.2) is 5.78 Å². The summed E-state index contributed by atoms with van der Waals surface area (Å²) in [7, 11) is 0. The van der Waals surface area contributed by atoms with Crippen LogP contribution in [0.4, 0.5) is 4.79 Å². The Balaban J connectivity index is 1.69. The second-order valence-electron chi connectivity index (χ2n) is 11.2. The number of benzene rings is 2. The van der Waals surface area contributed by atoms with Crippen molar-refractivity contribution in [3.63, 3.8) is 0 Å². The fraction of sp³-hybridized carbons (Fsp3) is 0.333. The van der Waals surface area contributed by atoms with Crippen molar-refractivity contribution in [2.45, 2.75) is 44.9 Å². The number of carbonyl (C=O) groups is 4. The van der Waals surface area contributed by atoms with Crippen LogP contribution in [0.5, 0.6) is 5.75 Å². The Labute approximate surface area is 252 Å². The van der Waals surface area contributed by atoms with E-state index in [4.69, 9.17) is 21.3 Å².